The quantitative estimate of drug-likeness (QED) is 0.690. The Hall–Kier alpha value is -2.89. The minimum atomic E-state index is -0.208. The van der Waals surface area contributed by atoms with Crippen LogP contribution < -0.4 is 10.6 Å². The molecule has 3 N–H and O–H groups in total. The maximum atomic E-state index is 11.5. The van der Waals surface area contributed by atoms with Crippen LogP contribution in [-0.2, 0) is 0 Å². The lowest BCUT2D eigenvalue weighted by molar-refractivity contribution is 0.252. The number of amides is 2. The molecule has 0 aliphatic rings. The summed E-state index contributed by atoms with van der Waals surface area (Å²) < 4.78 is 0. The number of benzene rings is 1. The number of fused-ring (bicyclic) bond motifs is 1. The molecule has 0 atom stereocenters. The van der Waals surface area contributed by atoms with Crippen molar-refractivity contribution in [3.8, 4) is 11.3 Å². The number of hydrogen-bond donors (Lipinski definition) is 3. The van der Waals surface area contributed by atoms with Crippen LogP contribution in [0.3, 0.4) is 0 Å². The highest BCUT2D eigenvalue weighted by molar-refractivity contribution is 5.92. The SMILES string of the molecule is CCNC(=O)Nc1ccc(-c2ncnc3[nH]ccc23)cc1. The van der Waals surface area contributed by atoms with Gasteiger partial charge < -0.3 is 15.6 Å². The number of aromatic nitrogens is 3. The molecule has 21 heavy (non-hydrogen) atoms. The zero-order valence-electron chi connectivity index (χ0n) is 11.6. The van der Waals surface area contributed by atoms with Crippen molar-refractivity contribution in [2.24, 2.45) is 0 Å². The standard InChI is InChI=1S/C15H15N5O/c1-2-16-15(21)20-11-5-3-10(4-6-11)13-12-7-8-17-14(12)19-9-18-13/h3-9H,2H2,1H3,(H2,16,20,21)(H,17,18,19). The molecule has 0 unspecified atom stereocenters. The van der Waals surface area contributed by atoms with Crippen LogP contribution in [0.2, 0.25) is 0 Å². The van der Waals surface area contributed by atoms with E-state index in [1.807, 2.05) is 43.5 Å². The van der Waals surface area contributed by atoms with Gasteiger partial charge in [0.05, 0.1) is 5.69 Å². The van der Waals surface area contributed by atoms with Crippen molar-refractivity contribution in [3.05, 3.63) is 42.9 Å². The Morgan fingerprint density at radius 2 is 2.00 bits per heavy atom. The monoisotopic (exact) mass is 281 g/mol. The van der Waals surface area contributed by atoms with Crippen molar-refractivity contribution in [2.45, 2.75) is 6.92 Å². The van der Waals surface area contributed by atoms with Gasteiger partial charge >= 0.3 is 6.03 Å². The van der Waals surface area contributed by atoms with Gasteiger partial charge in [-0.25, -0.2) is 14.8 Å². The number of urea groups is 1. The molecule has 1 aromatic carbocycles. The lowest BCUT2D eigenvalue weighted by Crippen LogP contribution is -2.28. The lowest BCUT2D eigenvalue weighted by atomic mass is 10.1. The van der Waals surface area contributed by atoms with Crippen molar-refractivity contribution < 1.29 is 4.79 Å². The largest absolute Gasteiger partial charge is 0.346 e. The Bertz CT molecular complexity index is 763. The normalized spacial score (nSPS) is 10.5. The molecule has 0 aliphatic carbocycles. The third-order valence-electron chi connectivity index (χ3n) is 3.11. The average molecular weight is 281 g/mol. The molecular weight excluding hydrogens is 266 g/mol. The van der Waals surface area contributed by atoms with Crippen molar-refractivity contribution >= 4 is 22.8 Å². The first-order chi connectivity index (χ1) is 10.3. The van der Waals surface area contributed by atoms with Crippen LogP contribution in [0.15, 0.2) is 42.9 Å². The molecule has 2 amide bonds. The van der Waals surface area contributed by atoms with E-state index in [1.165, 1.54) is 6.33 Å². The predicted molar refractivity (Wildman–Crippen MR) is 82.0 cm³/mol. The minimum absolute atomic E-state index is 0.208. The molecule has 0 saturated heterocycles. The number of carbonyl (C=O) groups is 1. The van der Waals surface area contributed by atoms with Gasteiger partial charge in [0, 0.05) is 29.4 Å². The van der Waals surface area contributed by atoms with Crippen molar-refractivity contribution in [1.82, 2.24) is 20.3 Å². The minimum Gasteiger partial charge on any atom is -0.346 e. The van der Waals surface area contributed by atoms with Crippen LogP contribution in [0.5, 0.6) is 0 Å². The number of rotatable bonds is 3. The number of aromatic amines is 1. The molecule has 3 rings (SSSR count). The molecule has 0 saturated carbocycles. The van der Waals surface area contributed by atoms with Gasteiger partial charge in [0.1, 0.15) is 12.0 Å². The number of nitrogens with zero attached hydrogens (tertiary/aromatic N) is 2. The Kier molecular flexibility index (Phi) is 3.51. The number of nitrogens with one attached hydrogen (secondary N) is 3. The highest BCUT2D eigenvalue weighted by atomic mass is 16.2. The van der Waals surface area contributed by atoms with E-state index < -0.39 is 0 Å². The molecule has 2 aromatic heterocycles. The highest BCUT2D eigenvalue weighted by Gasteiger charge is 2.07. The number of H-pyrrole nitrogens is 1. The van der Waals surface area contributed by atoms with Gasteiger partial charge in [-0.1, -0.05) is 12.1 Å². The second-order valence-corrected chi connectivity index (χ2v) is 4.52. The van der Waals surface area contributed by atoms with Gasteiger partial charge in [-0.05, 0) is 25.1 Å². The fraction of sp³-hybridized carbons (Fsp3) is 0.133. The third-order valence-corrected chi connectivity index (χ3v) is 3.11. The molecular formula is C15H15N5O. The Morgan fingerprint density at radius 1 is 1.19 bits per heavy atom. The fourth-order valence-corrected chi connectivity index (χ4v) is 2.15. The summed E-state index contributed by atoms with van der Waals surface area (Å²) in [4.78, 5) is 23.0. The van der Waals surface area contributed by atoms with Crippen molar-refractivity contribution in [2.75, 3.05) is 11.9 Å². The summed E-state index contributed by atoms with van der Waals surface area (Å²) in [6.07, 6.45) is 3.38. The van der Waals surface area contributed by atoms with Crippen LogP contribution >= 0.6 is 0 Å². The highest BCUT2D eigenvalue weighted by Crippen LogP contribution is 2.25. The summed E-state index contributed by atoms with van der Waals surface area (Å²) in [6, 6.07) is 9.30. The summed E-state index contributed by atoms with van der Waals surface area (Å²) in [7, 11) is 0. The van der Waals surface area contributed by atoms with E-state index in [0.29, 0.717) is 6.54 Å². The first-order valence-corrected chi connectivity index (χ1v) is 6.71. The summed E-state index contributed by atoms with van der Waals surface area (Å²) >= 11 is 0. The van der Waals surface area contributed by atoms with E-state index in [2.05, 4.69) is 25.6 Å². The Balaban J connectivity index is 1.87. The van der Waals surface area contributed by atoms with E-state index in [-0.39, 0.29) is 6.03 Å². The van der Waals surface area contributed by atoms with Crippen molar-refractivity contribution in [3.63, 3.8) is 0 Å². The second-order valence-electron chi connectivity index (χ2n) is 4.52. The fourth-order valence-electron chi connectivity index (χ4n) is 2.15. The molecule has 0 fully saturated rings. The molecule has 3 aromatic rings. The lowest BCUT2D eigenvalue weighted by Gasteiger charge is -2.07. The van der Waals surface area contributed by atoms with E-state index in [0.717, 1.165) is 28.0 Å². The molecule has 0 spiro atoms. The zero-order chi connectivity index (χ0) is 14.7. The summed E-state index contributed by atoms with van der Waals surface area (Å²) in [5.41, 5.74) is 3.39. The van der Waals surface area contributed by atoms with Gasteiger partial charge in [-0.15, -0.1) is 0 Å². The predicted octanol–water partition coefficient (Wildman–Crippen LogP) is 2.77. The second kappa shape index (κ2) is 5.62. The maximum Gasteiger partial charge on any atom is 0.319 e. The van der Waals surface area contributed by atoms with Crippen LogP contribution in [0.1, 0.15) is 6.92 Å². The first-order valence-electron chi connectivity index (χ1n) is 6.71. The number of carbonyl (C=O) groups excluding carboxylic acids is 1. The first kappa shape index (κ1) is 13.1. The molecule has 6 nitrogen and oxygen atoms in total. The molecule has 6 heteroatoms. The smallest absolute Gasteiger partial charge is 0.319 e. The van der Waals surface area contributed by atoms with Gasteiger partial charge in [-0.3, -0.25) is 0 Å². The third kappa shape index (κ3) is 2.69. The summed E-state index contributed by atoms with van der Waals surface area (Å²) in [5.74, 6) is 0. The Labute approximate surface area is 121 Å². The van der Waals surface area contributed by atoms with Gasteiger partial charge in [-0.2, -0.15) is 0 Å². The van der Waals surface area contributed by atoms with E-state index in [4.69, 9.17) is 0 Å². The topological polar surface area (TPSA) is 82.7 Å². The summed E-state index contributed by atoms with van der Waals surface area (Å²) in [5, 5.41) is 6.42. The Morgan fingerprint density at radius 3 is 2.76 bits per heavy atom. The van der Waals surface area contributed by atoms with Crippen molar-refractivity contribution in [1.29, 1.82) is 0 Å². The van der Waals surface area contributed by atoms with Gasteiger partial charge in [0.2, 0.25) is 0 Å². The maximum absolute atomic E-state index is 11.5. The number of hydrogen-bond acceptors (Lipinski definition) is 3. The van der Waals surface area contributed by atoms with Gasteiger partial charge in [0.25, 0.3) is 0 Å². The van der Waals surface area contributed by atoms with E-state index >= 15 is 0 Å². The molecule has 106 valence electrons. The molecule has 0 bridgehead atoms. The number of anilines is 1. The van der Waals surface area contributed by atoms with Gasteiger partial charge in [0.15, 0.2) is 0 Å². The summed E-state index contributed by atoms with van der Waals surface area (Å²) in [6.45, 7) is 2.47. The van der Waals surface area contributed by atoms with Crippen LogP contribution in [0.4, 0.5) is 10.5 Å². The van der Waals surface area contributed by atoms with E-state index in [1.54, 1.807) is 0 Å². The average Bonchev–Trinajstić information content (AvgIpc) is 2.97. The van der Waals surface area contributed by atoms with Crippen LogP contribution in [0, 0.1) is 0 Å². The van der Waals surface area contributed by atoms with Crippen LogP contribution in [0.25, 0.3) is 22.3 Å². The molecule has 2 heterocycles. The molecule has 0 radical (unpaired) electrons. The molecule has 0 aliphatic heterocycles. The van der Waals surface area contributed by atoms with Crippen LogP contribution in [-0.4, -0.2) is 27.5 Å². The zero-order valence-corrected chi connectivity index (χ0v) is 11.6. The van der Waals surface area contributed by atoms with E-state index in [9.17, 15) is 4.79 Å².